The lowest BCUT2D eigenvalue weighted by molar-refractivity contribution is -0.138. The Hall–Kier alpha value is -3.12. The zero-order valence-electron chi connectivity index (χ0n) is 12.4. The lowest BCUT2D eigenvalue weighted by atomic mass is 9.90. The molecule has 0 fully saturated rings. The largest absolute Gasteiger partial charge is 0.481 e. The first kappa shape index (κ1) is 14.8. The maximum Gasteiger partial charge on any atom is 0.311 e. The summed E-state index contributed by atoms with van der Waals surface area (Å²) in [4.78, 5) is 11.7. The molecule has 0 aliphatic rings. The summed E-state index contributed by atoms with van der Waals surface area (Å²) in [6.07, 6.45) is 0.364. The second-order valence-electron chi connectivity index (χ2n) is 5.51. The Morgan fingerprint density at radius 3 is 2.52 bits per heavy atom. The van der Waals surface area contributed by atoms with Crippen LogP contribution in [0.1, 0.15) is 22.6 Å². The van der Waals surface area contributed by atoms with Crippen molar-refractivity contribution in [3.8, 4) is 6.07 Å². The van der Waals surface area contributed by atoms with Gasteiger partial charge in [0, 0.05) is 0 Å². The average Bonchev–Trinajstić information content (AvgIpc) is 2.59. The van der Waals surface area contributed by atoms with E-state index in [1.165, 1.54) is 0 Å². The third-order valence-corrected chi connectivity index (χ3v) is 3.97. The predicted molar refractivity (Wildman–Crippen MR) is 89.2 cm³/mol. The Morgan fingerprint density at radius 2 is 1.78 bits per heavy atom. The lowest BCUT2D eigenvalue weighted by Gasteiger charge is -2.14. The molecule has 3 aromatic rings. The van der Waals surface area contributed by atoms with Crippen molar-refractivity contribution in [1.82, 2.24) is 0 Å². The molecule has 3 nitrogen and oxygen atoms in total. The molecule has 0 aliphatic heterocycles. The van der Waals surface area contributed by atoms with Gasteiger partial charge in [0.05, 0.1) is 17.6 Å². The summed E-state index contributed by atoms with van der Waals surface area (Å²) >= 11 is 0. The van der Waals surface area contributed by atoms with E-state index in [1.807, 2.05) is 48.5 Å². The van der Waals surface area contributed by atoms with Gasteiger partial charge in [-0.05, 0) is 40.5 Å². The van der Waals surface area contributed by atoms with Crippen molar-refractivity contribution in [1.29, 1.82) is 5.26 Å². The second-order valence-corrected chi connectivity index (χ2v) is 5.51. The molecule has 0 heterocycles. The number of rotatable bonds is 4. The Morgan fingerprint density at radius 1 is 1.00 bits per heavy atom. The molecule has 1 atom stereocenters. The third kappa shape index (κ3) is 3.22. The molecule has 0 radical (unpaired) electrons. The van der Waals surface area contributed by atoms with Gasteiger partial charge in [-0.1, -0.05) is 54.6 Å². The minimum Gasteiger partial charge on any atom is -0.481 e. The fraction of sp³-hybridized carbons (Fsp3) is 0.100. The average molecular weight is 301 g/mol. The highest BCUT2D eigenvalue weighted by Crippen LogP contribution is 2.25. The van der Waals surface area contributed by atoms with E-state index in [0.29, 0.717) is 12.0 Å². The van der Waals surface area contributed by atoms with Crippen molar-refractivity contribution >= 4 is 16.7 Å². The molecule has 0 aromatic heterocycles. The van der Waals surface area contributed by atoms with E-state index in [-0.39, 0.29) is 0 Å². The van der Waals surface area contributed by atoms with Crippen LogP contribution in [-0.4, -0.2) is 11.1 Å². The van der Waals surface area contributed by atoms with E-state index in [9.17, 15) is 9.90 Å². The van der Waals surface area contributed by atoms with Gasteiger partial charge in [-0.2, -0.15) is 5.26 Å². The molecule has 1 N–H and O–H groups in total. The van der Waals surface area contributed by atoms with Crippen LogP contribution in [0.4, 0.5) is 0 Å². The molecule has 0 saturated carbocycles. The van der Waals surface area contributed by atoms with Crippen molar-refractivity contribution in [3.05, 3.63) is 83.4 Å². The highest BCUT2D eigenvalue weighted by atomic mass is 16.4. The molecule has 0 aliphatic carbocycles. The number of carbonyl (C=O) groups is 1. The van der Waals surface area contributed by atoms with Crippen LogP contribution in [0.2, 0.25) is 0 Å². The van der Waals surface area contributed by atoms with Crippen LogP contribution in [0.5, 0.6) is 0 Å². The summed E-state index contributed by atoms with van der Waals surface area (Å²) in [6.45, 7) is 0. The van der Waals surface area contributed by atoms with Gasteiger partial charge < -0.3 is 5.11 Å². The van der Waals surface area contributed by atoms with Crippen LogP contribution in [0, 0.1) is 11.3 Å². The van der Waals surface area contributed by atoms with E-state index in [0.717, 1.165) is 21.9 Å². The molecule has 3 heteroatoms. The third-order valence-electron chi connectivity index (χ3n) is 3.97. The van der Waals surface area contributed by atoms with Gasteiger partial charge in [0.25, 0.3) is 0 Å². The van der Waals surface area contributed by atoms with Crippen LogP contribution < -0.4 is 0 Å². The fourth-order valence-corrected chi connectivity index (χ4v) is 2.78. The van der Waals surface area contributed by atoms with Gasteiger partial charge >= 0.3 is 5.97 Å². The van der Waals surface area contributed by atoms with Gasteiger partial charge in [0.15, 0.2) is 0 Å². The van der Waals surface area contributed by atoms with Crippen LogP contribution in [-0.2, 0) is 11.2 Å². The Bertz CT molecular complexity index is 909. The van der Waals surface area contributed by atoms with Crippen molar-refractivity contribution < 1.29 is 9.90 Å². The SMILES string of the molecule is N#Cc1cccc(CC(C(=O)O)c2ccc3ccccc3c2)c1. The van der Waals surface area contributed by atoms with E-state index in [2.05, 4.69) is 6.07 Å². The Balaban J connectivity index is 1.97. The molecular weight excluding hydrogens is 286 g/mol. The van der Waals surface area contributed by atoms with Crippen LogP contribution >= 0.6 is 0 Å². The summed E-state index contributed by atoms with van der Waals surface area (Å²) in [7, 11) is 0. The molecule has 3 aromatic carbocycles. The molecule has 0 spiro atoms. The normalized spacial score (nSPS) is 11.8. The predicted octanol–water partition coefficient (Wildman–Crippen LogP) is 4.12. The smallest absolute Gasteiger partial charge is 0.311 e. The first-order valence-electron chi connectivity index (χ1n) is 7.38. The van der Waals surface area contributed by atoms with Crippen molar-refractivity contribution in [2.24, 2.45) is 0 Å². The zero-order chi connectivity index (χ0) is 16.2. The van der Waals surface area contributed by atoms with Crippen LogP contribution in [0.3, 0.4) is 0 Å². The van der Waals surface area contributed by atoms with Crippen LogP contribution in [0.15, 0.2) is 66.7 Å². The van der Waals surface area contributed by atoms with E-state index >= 15 is 0 Å². The molecule has 1 unspecified atom stereocenters. The summed E-state index contributed by atoms with van der Waals surface area (Å²) < 4.78 is 0. The van der Waals surface area contributed by atoms with Crippen LogP contribution in [0.25, 0.3) is 10.8 Å². The highest BCUT2D eigenvalue weighted by Gasteiger charge is 2.20. The first-order chi connectivity index (χ1) is 11.2. The summed E-state index contributed by atoms with van der Waals surface area (Å²) in [6, 6.07) is 22.8. The fourth-order valence-electron chi connectivity index (χ4n) is 2.78. The molecule has 112 valence electrons. The number of nitrogens with zero attached hydrogens (tertiary/aromatic N) is 1. The quantitative estimate of drug-likeness (QED) is 0.788. The Kier molecular flexibility index (Phi) is 4.07. The number of benzene rings is 3. The molecule has 3 rings (SSSR count). The lowest BCUT2D eigenvalue weighted by Crippen LogP contribution is -2.14. The second kappa shape index (κ2) is 6.33. The zero-order valence-corrected chi connectivity index (χ0v) is 12.4. The van der Waals surface area contributed by atoms with Gasteiger partial charge in [-0.15, -0.1) is 0 Å². The molecular formula is C20H15NO2. The topological polar surface area (TPSA) is 61.1 Å². The van der Waals surface area contributed by atoms with Crippen molar-refractivity contribution in [2.75, 3.05) is 0 Å². The Labute approximate surface area is 134 Å². The molecule has 0 saturated heterocycles. The summed E-state index contributed by atoms with van der Waals surface area (Å²) in [5.74, 6) is -1.49. The number of hydrogen-bond donors (Lipinski definition) is 1. The number of nitriles is 1. The molecule has 0 bridgehead atoms. The summed E-state index contributed by atoms with van der Waals surface area (Å²) in [5, 5.41) is 20.7. The number of aliphatic carboxylic acids is 1. The number of carboxylic acid groups (broad SMARTS) is 1. The minimum atomic E-state index is -0.859. The maximum absolute atomic E-state index is 11.7. The van der Waals surface area contributed by atoms with Crippen molar-refractivity contribution in [2.45, 2.75) is 12.3 Å². The van der Waals surface area contributed by atoms with Gasteiger partial charge in [0.2, 0.25) is 0 Å². The van der Waals surface area contributed by atoms with E-state index in [1.54, 1.807) is 18.2 Å². The standard InChI is InChI=1S/C20H15NO2/c21-13-15-5-3-4-14(10-15)11-19(20(22)23)18-9-8-16-6-1-2-7-17(16)12-18/h1-10,12,19H,11H2,(H,22,23). The first-order valence-corrected chi connectivity index (χ1v) is 7.38. The number of hydrogen-bond acceptors (Lipinski definition) is 2. The monoisotopic (exact) mass is 301 g/mol. The number of carboxylic acids is 1. The van der Waals surface area contributed by atoms with E-state index in [4.69, 9.17) is 5.26 Å². The van der Waals surface area contributed by atoms with Gasteiger partial charge in [-0.3, -0.25) is 4.79 Å². The molecule has 0 amide bonds. The van der Waals surface area contributed by atoms with Gasteiger partial charge in [-0.25, -0.2) is 0 Å². The maximum atomic E-state index is 11.7. The van der Waals surface area contributed by atoms with Crippen molar-refractivity contribution in [3.63, 3.8) is 0 Å². The molecule has 23 heavy (non-hydrogen) atoms. The minimum absolute atomic E-state index is 0.364. The number of fused-ring (bicyclic) bond motifs is 1. The van der Waals surface area contributed by atoms with E-state index < -0.39 is 11.9 Å². The van der Waals surface area contributed by atoms with Gasteiger partial charge in [0.1, 0.15) is 0 Å². The summed E-state index contributed by atoms with van der Waals surface area (Å²) in [5.41, 5.74) is 2.17. The highest BCUT2D eigenvalue weighted by molar-refractivity contribution is 5.85.